The van der Waals surface area contributed by atoms with E-state index in [9.17, 15) is 0 Å². The summed E-state index contributed by atoms with van der Waals surface area (Å²) in [5, 5.41) is 7.37. The molecule has 0 unspecified atom stereocenters. The van der Waals surface area contributed by atoms with Crippen molar-refractivity contribution in [3.05, 3.63) is 152 Å². The molecule has 0 aliphatic heterocycles. The summed E-state index contributed by atoms with van der Waals surface area (Å²) in [6.45, 7) is 0. The zero-order chi connectivity index (χ0) is 29.7. The summed E-state index contributed by atoms with van der Waals surface area (Å²) in [5.74, 6) is 1.99. The molecule has 0 saturated heterocycles. The predicted octanol–water partition coefficient (Wildman–Crippen LogP) is 11.2. The molecule has 0 amide bonds. The lowest BCUT2D eigenvalue weighted by Gasteiger charge is -2.12. The third-order valence-corrected chi connectivity index (χ3v) is 9.68. The summed E-state index contributed by atoms with van der Waals surface area (Å²) in [4.78, 5) is 15.4. The first-order valence-corrected chi connectivity index (χ1v) is 15.9. The zero-order valence-electron chi connectivity index (χ0n) is 24.2. The first-order chi connectivity index (χ1) is 22.3. The maximum Gasteiger partial charge on any atom is 0.164 e. The SMILES string of the molecule is c1ccc(-c2cccc(-c3nc(-c4ccccc4)nc(-c4cc5ccc6ccccc6c5c5sc6ccccc6c45)n3)c2)cc1. The molecule has 2 aromatic heterocycles. The van der Waals surface area contributed by atoms with Crippen LogP contribution in [-0.4, -0.2) is 15.0 Å². The van der Waals surface area contributed by atoms with Crippen LogP contribution >= 0.6 is 11.3 Å². The van der Waals surface area contributed by atoms with E-state index in [1.807, 2.05) is 35.6 Å². The van der Waals surface area contributed by atoms with Gasteiger partial charge < -0.3 is 0 Å². The standard InChI is InChI=1S/C41H25N3S/c1-3-12-26(13-4-1)29-17-11-18-31(24-29)40-42-39(28-15-5-2-6-16-28)43-41(44-40)34-25-30-23-22-27-14-7-8-19-32(27)36(30)38-37(34)33-20-9-10-21-35(33)45-38/h1-25H. The molecule has 0 bridgehead atoms. The molecular weight excluding hydrogens is 567 g/mol. The minimum atomic E-state index is 0.655. The predicted molar refractivity (Wildman–Crippen MR) is 189 cm³/mol. The Bertz CT molecular complexity index is 2540. The molecule has 0 aliphatic carbocycles. The van der Waals surface area contributed by atoms with E-state index >= 15 is 0 Å². The second-order valence-corrected chi connectivity index (χ2v) is 12.3. The average molecular weight is 592 g/mol. The summed E-state index contributed by atoms with van der Waals surface area (Å²) in [6.07, 6.45) is 0. The van der Waals surface area contributed by atoms with E-state index in [0.29, 0.717) is 17.5 Å². The third-order valence-electron chi connectivity index (χ3n) is 8.49. The quantitative estimate of drug-likeness (QED) is 0.191. The summed E-state index contributed by atoms with van der Waals surface area (Å²) < 4.78 is 2.51. The van der Waals surface area contributed by atoms with Crippen molar-refractivity contribution in [1.82, 2.24) is 15.0 Å². The van der Waals surface area contributed by atoms with Crippen LogP contribution in [0, 0.1) is 0 Å². The highest BCUT2D eigenvalue weighted by molar-refractivity contribution is 7.27. The van der Waals surface area contributed by atoms with E-state index in [-0.39, 0.29) is 0 Å². The van der Waals surface area contributed by atoms with Gasteiger partial charge in [0.2, 0.25) is 0 Å². The molecule has 0 aliphatic rings. The van der Waals surface area contributed by atoms with Gasteiger partial charge in [-0.05, 0) is 45.5 Å². The van der Waals surface area contributed by atoms with E-state index < -0.39 is 0 Å². The molecular formula is C41H25N3S. The van der Waals surface area contributed by atoms with Crippen LogP contribution in [-0.2, 0) is 0 Å². The Morgan fingerprint density at radius 2 is 0.978 bits per heavy atom. The van der Waals surface area contributed by atoms with Gasteiger partial charge in [0.1, 0.15) is 0 Å². The number of aromatic nitrogens is 3. The Labute approximate surface area is 264 Å². The molecule has 7 aromatic carbocycles. The van der Waals surface area contributed by atoms with E-state index in [0.717, 1.165) is 27.8 Å². The van der Waals surface area contributed by atoms with Gasteiger partial charge in [0.25, 0.3) is 0 Å². The van der Waals surface area contributed by atoms with Crippen molar-refractivity contribution < 1.29 is 0 Å². The van der Waals surface area contributed by atoms with Crippen molar-refractivity contribution in [3.8, 4) is 45.3 Å². The minimum Gasteiger partial charge on any atom is -0.208 e. The van der Waals surface area contributed by atoms with Crippen molar-refractivity contribution in [3.63, 3.8) is 0 Å². The molecule has 210 valence electrons. The van der Waals surface area contributed by atoms with E-state index in [1.54, 1.807) is 0 Å². The maximum atomic E-state index is 5.22. The van der Waals surface area contributed by atoms with Gasteiger partial charge in [-0.1, -0.05) is 133 Å². The second kappa shape index (κ2) is 10.5. The van der Waals surface area contributed by atoms with Crippen LogP contribution < -0.4 is 0 Å². The van der Waals surface area contributed by atoms with Gasteiger partial charge in [0.05, 0.1) is 0 Å². The molecule has 0 saturated carbocycles. The highest BCUT2D eigenvalue weighted by Crippen LogP contribution is 2.45. The lowest BCUT2D eigenvalue weighted by Crippen LogP contribution is -2.00. The van der Waals surface area contributed by atoms with Gasteiger partial charge in [-0.25, -0.2) is 15.0 Å². The van der Waals surface area contributed by atoms with Crippen LogP contribution in [0.2, 0.25) is 0 Å². The molecule has 0 N–H and O–H groups in total. The van der Waals surface area contributed by atoms with Crippen LogP contribution in [0.3, 0.4) is 0 Å². The van der Waals surface area contributed by atoms with E-state index in [4.69, 9.17) is 15.0 Å². The highest BCUT2D eigenvalue weighted by Gasteiger charge is 2.20. The number of rotatable bonds is 4. The molecule has 0 fully saturated rings. The van der Waals surface area contributed by atoms with Gasteiger partial charge in [-0.15, -0.1) is 11.3 Å². The van der Waals surface area contributed by atoms with Crippen molar-refractivity contribution in [2.45, 2.75) is 0 Å². The van der Waals surface area contributed by atoms with E-state index in [2.05, 4.69) is 127 Å². The Morgan fingerprint density at radius 1 is 0.378 bits per heavy atom. The average Bonchev–Trinajstić information content (AvgIpc) is 3.51. The lowest BCUT2D eigenvalue weighted by atomic mass is 9.96. The van der Waals surface area contributed by atoms with Crippen molar-refractivity contribution in [2.75, 3.05) is 0 Å². The van der Waals surface area contributed by atoms with Crippen molar-refractivity contribution >= 4 is 53.1 Å². The molecule has 2 heterocycles. The Balaban J connectivity index is 1.36. The third kappa shape index (κ3) is 4.38. The van der Waals surface area contributed by atoms with Crippen LogP contribution in [0.1, 0.15) is 0 Å². The number of benzene rings is 7. The molecule has 0 spiro atoms. The molecule has 45 heavy (non-hydrogen) atoms. The fourth-order valence-electron chi connectivity index (χ4n) is 6.37. The van der Waals surface area contributed by atoms with Gasteiger partial charge in [0.15, 0.2) is 17.5 Å². The summed E-state index contributed by atoms with van der Waals surface area (Å²) >= 11 is 1.84. The zero-order valence-corrected chi connectivity index (χ0v) is 25.0. The number of nitrogens with zero attached hydrogens (tertiary/aromatic N) is 3. The smallest absolute Gasteiger partial charge is 0.164 e. The van der Waals surface area contributed by atoms with Crippen LogP contribution in [0.5, 0.6) is 0 Å². The van der Waals surface area contributed by atoms with Crippen LogP contribution in [0.25, 0.3) is 87.0 Å². The number of fused-ring (bicyclic) bond motifs is 7. The Morgan fingerprint density at radius 3 is 1.80 bits per heavy atom. The molecule has 0 atom stereocenters. The summed E-state index contributed by atoms with van der Waals surface area (Å²) in [7, 11) is 0. The lowest BCUT2D eigenvalue weighted by molar-refractivity contribution is 1.08. The largest absolute Gasteiger partial charge is 0.208 e. The molecule has 3 nitrogen and oxygen atoms in total. The minimum absolute atomic E-state index is 0.655. The fourth-order valence-corrected chi connectivity index (χ4v) is 7.66. The normalized spacial score (nSPS) is 11.6. The van der Waals surface area contributed by atoms with Gasteiger partial charge in [-0.2, -0.15) is 0 Å². The summed E-state index contributed by atoms with van der Waals surface area (Å²) in [5.41, 5.74) is 5.21. The second-order valence-electron chi connectivity index (χ2n) is 11.2. The van der Waals surface area contributed by atoms with Crippen molar-refractivity contribution in [2.24, 2.45) is 0 Å². The van der Waals surface area contributed by atoms with Gasteiger partial charge in [-0.3, -0.25) is 0 Å². The highest BCUT2D eigenvalue weighted by atomic mass is 32.1. The first-order valence-electron chi connectivity index (χ1n) is 15.0. The number of thiophene rings is 1. The van der Waals surface area contributed by atoms with Gasteiger partial charge in [0, 0.05) is 42.2 Å². The van der Waals surface area contributed by atoms with E-state index in [1.165, 1.54) is 41.7 Å². The number of hydrogen-bond donors (Lipinski definition) is 0. The maximum absolute atomic E-state index is 5.22. The molecule has 9 aromatic rings. The van der Waals surface area contributed by atoms with Crippen LogP contribution in [0.15, 0.2) is 152 Å². The fraction of sp³-hybridized carbons (Fsp3) is 0. The molecule has 9 rings (SSSR count). The van der Waals surface area contributed by atoms with Crippen molar-refractivity contribution in [1.29, 1.82) is 0 Å². The molecule has 0 radical (unpaired) electrons. The first kappa shape index (κ1) is 25.8. The molecule has 4 heteroatoms. The van der Waals surface area contributed by atoms with Crippen LogP contribution in [0.4, 0.5) is 0 Å². The summed E-state index contributed by atoms with van der Waals surface area (Å²) in [6, 6.07) is 53.1. The van der Waals surface area contributed by atoms with Gasteiger partial charge >= 0.3 is 0 Å². The topological polar surface area (TPSA) is 38.7 Å². The Hall–Kier alpha value is -5.71. The monoisotopic (exact) mass is 591 g/mol. The Kier molecular flexibility index (Phi) is 6.00. The number of hydrogen-bond acceptors (Lipinski definition) is 4.